The van der Waals surface area contributed by atoms with Gasteiger partial charge < -0.3 is 14.4 Å². The molecule has 3 rings (SSSR count). The summed E-state index contributed by atoms with van der Waals surface area (Å²) in [6, 6.07) is 7.69. The van der Waals surface area contributed by atoms with Gasteiger partial charge in [0.2, 0.25) is 5.91 Å². The molecule has 0 aromatic heterocycles. The molecule has 1 aliphatic heterocycles. The Morgan fingerprint density at radius 1 is 1.19 bits per heavy atom. The first-order valence-corrected chi connectivity index (χ1v) is 10.8. The van der Waals surface area contributed by atoms with Gasteiger partial charge in [-0.3, -0.25) is 4.79 Å². The van der Waals surface area contributed by atoms with Gasteiger partial charge in [-0.05, 0) is 50.3 Å². The summed E-state index contributed by atoms with van der Waals surface area (Å²) in [6.07, 6.45) is 2.82. The maximum atomic E-state index is 13.0. The number of hydrogen-bond donors (Lipinski definition) is 0. The highest BCUT2D eigenvalue weighted by molar-refractivity contribution is 7.93. The average Bonchev–Trinajstić information content (AvgIpc) is 3.51. The van der Waals surface area contributed by atoms with Crippen molar-refractivity contribution in [2.24, 2.45) is 0 Å². The number of ether oxygens (including phenoxy) is 2. The lowest BCUT2D eigenvalue weighted by atomic mass is 10.2. The van der Waals surface area contributed by atoms with Gasteiger partial charge in [0, 0.05) is 25.8 Å². The van der Waals surface area contributed by atoms with Crippen LogP contribution in [-0.4, -0.2) is 56.1 Å². The van der Waals surface area contributed by atoms with Crippen molar-refractivity contribution in [1.82, 2.24) is 4.90 Å². The number of amides is 1. The van der Waals surface area contributed by atoms with Crippen LogP contribution in [0.2, 0.25) is 0 Å². The van der Waals surface area contributed by atoms with Gasteiger partial charge in [-0.25, -0.2) is 8.42 Å². The van der Waals surface area contributed by atoms with Crippen LogP contribution in [0, 0.1) is 0 Å². The summed E-state index contributed by atoms with van der Waals surface area (Å²) in [5.41, 5.74) is 0.974. The quantitative estimate of drug-likeness (QED) is 0.724. The smallest absolute Gasteiger partial charge is 0.241 e. The molecule has 0 N–H and O–H groups in total. The van der Waals surface area contributed by atoms with Crippen molar-refractivity contribution in [3.63, 3.8) is 0 Å². The minimum Gasteiger partial charge on any atom is -0.497 e. The summed E-state index contributed by atoms with van der Waals surface area (Å²) in [5.74, 6) is 0.475. The second kappa shape index (κ2) is 7.96. The highest BCUT2D eigenvalue weighted by Gasteiger charge is 2.42. The summed E-state index contributed by atoms with van der Waals surface area (Å²) >= 11 is 0. The van der Waals surface area contributed by atoms with Crippen LogP contribution in [-0.2, 0) is 25.9 Å². The molecule has 0 spiro atoms. The van der Waals surface area contributed by atoms with Gasteiger partial charge in [0.15, 0.2) is 9.84 Å². The molecule has 144 valence electrons. The van der Waals surface area contributed by atoms with Crippen LogP contribution < -0.4 is 4.74 Å². The lowest BCUT2D eigenvalue weighted by molar-refractivity contribution is -0.131. The molecule has 1 amide bonds. The van der Waals surface area contributed by atoms with Gasteiger partial charge in [0.1, 0.15) is 11.0 Å². The Hall–Kier alpha value is -1.60. The molecule has 1 saturated carbocycles. The van der Waals surface area contributed by atoms with E-state index in [1.807, 2.05) is 24.3 Å². The minimum atomic E-state index is -3.51. The minimum absolute atomic E-state index is 0.150. The Kier molecular flexibility index (Phi) is 5.87. The molecule has 2 aliphatic rings. The monoisotopic (exact) mass is 381 g/mol. The zero-order valence-corrected chi connectivity index (χ0v) is 16.2. The van der Waals surface area contributed by atoms with Crippen molar-refractivity contribution in [2.75, 3.05) is 20.3 Å². The van der Waals surface area contributed by atoms with Gasteiger partial charge in [-0.15, -0.1) is 0 Å². The highest BCUT2D eigenvalue weighted by atomic mass is 32.2. The first kappa shape index (κ1) is 19.2. The molecule has 7 heteroatoms. The number of benzene rings is 1. The van der Waals surface area contributed by atoms with Crippen LogP contribution in [0.3, 0.4) is 0 Å². The van der Waals surface area contributed by atoms with E-state index in [1.54, 1.807) is 12.0 Å². The molecule has 1 aromatic carbocycles. The maximum Gasteiger partial charge on any atom is 0.241 e. The third-order valence-corrected chi connectivity index (χ3v) is 7.84. The van der Waals surface area contributed by atoms with Gasteiger partial charge in [-0.2, -0.15) is 0 Å². The molecule has 26 heavy (non-hydrogen) atoms. The predicted molar refractivity (Wildman–Crippen MR) is 98.8 cm³/mol. The summed E-state index contributed by atoms with van der Waals surface area (Å²) in [5, 5.41) is -1.48. The summed E-state index contributed by atoms with van der Waals surface area (Å²) in [4.78, 5) is 14.8. The predicted octanol–water partition coefficient (Wildman–Crippen LogP) is 2.17. The second-order valence-electron chi connectivity index (χ2n) is 7.09. The van der Waals surface area contributed by atoms with Crippen LogP contribution in [0.15, 0.2) is 24.3 Å². The maximum absolute atomic E-state index is 13.0. The number of nitrogens with zero attached hydrogens (tertiary/aromatic N) is 1. The largest absolute Gasteiger partial charge is 0.497 e. The van der Waals surface area contributed by atoms with Crippen molar-refractivity contribution in [3.8, 4) is 5.75 Å². The molecule has 1 atom stereocenters. The van der Waals surface area contributed by atoms with Gasteiger partial charge in [0.05, 0.1) is 12.4 Å². The standard InChI is InChI=1S/C19H27NO5S/c1-14(26(22,23)18-9-11-25-12-10-18)19(21)20(16-5-6-16)13-15-3-7-17(24-2)8-4-15/h3-4,7-8,14,16,18H,5-6,9-13H2,1-2H3/t14-/m0/s1. The first-order chi connectivity index (χ1) is 12.4. The molecular weight excluding hydrogens is 354 g/mol. The number of carbonyl (C=O) groups excluding carboxylic acids is 1. The van der Waals surface area contributed by atoms with Crippen LogP contribution in [0.4, 0.5) is 0 Å². The summed E-state index contributed by atoms with van der Waals surface area (Å²) in [6.45, 7) is 2.86. The Labute approximate surface area is 155 Å². The molecule has 2 fully saturated rings. The zero-order valence-electron chi connectivity index (χ0n) is 15.4. The van der Waals surface area contributed by atoms with Gasteiger partial charge in [-0.1, -0.05) is 12.1 Å². The zero-order chi connectivity index (χ0) is 18.7. The molecular formula is C19H27NO5S. The van der Waals surface area contributed by atoms with E-state index in [9.17, 15) is 13.2 Å². The van der Waals surface area contributed by atoms with E-state index in [0.717, 1.165) is 24.2 Å². The first-order valence-electron chi connectivity index (χ1n) is 9.17. The third kappa shape index (κ3) is 4.20. The average molecular weight is 381 g/mol. The van der Waals surface area contributed by atoms with Gasteiger partial charge >= 0.3 is 0 Å². The topological polar surface area (TPSA) is 72.9 Å². The Balaban J connectivity index is 1.73. The molecule has 0 unspecified atom stereocenters. The van der Waals surface area contributed by atoms with Gasteiger partial charge in [0.25, 0.3) is 0 Å². The summed E-state index contributed by atoms with van der Waals surface area (Å²) in [7, 11) is -1.90. The van der Waals surface area contributed by atoms with Crippen molar-refractivity contribution < 1.29 is 22.7 Å². The molecule has 1 saturated heterocycles. The Morgan fingerprint density at radius 3 is 2.35 bits per heavy atom. The lowest BCUT2D eigenvalue weighted by Crippen LogP contribution is -2.46. The van der Waals surface area contributed by atoms with Crippen LogP contribution >= 0.6 is 0 Å². The second-order valence-corrected chi connectivity index (χ2v) is 9.64. The number of sulfone groups is 1. The summed E-state index contributed by atoms with van der Waals surface area (Å²) < 4.78 is 36.2. The Bertz CT molecular complexity index is 721. The third-order valence-electron chi connectivity index (χ3n) is 5.26. The molecule has 1 aromatic rings. The van der Waals surface area contributed by atoms with E-state index in [2.05, 4.69) is 0 Å². The molecule has 0 radical (unpaired) electrons. The molecule has 1 aliphatic carbocycles. The fourth-order valence-corrected chi connectivity index (χ4v) is 5.21. The van der Waals surface area contributed by atoms with Crippen molar-refractivity contribution in [2.45, 2.75) is 55.7 Å². The van der Waals surface area contributed by atoms with E-state index >= 15 is 0 Å². The fraction of sp³-hybridized carbons (Fsp3) is 0.632. The molecule has 6 nitrogen and oxygen atoms in total. The Morgan fingerprint density at radius 2 is 1.81 bits per heavy atom. The number of hydrogen-bond acceptors (Lipinski definition) is 5. The van der Waals surface area contributed by atoms with Crippen molar-refractivity contribution in [1.29, 1.82) is 0 Å². The van der Waals surface area contributed by atoms with E-state index in [-0.39, 0.29) is 11.9 Å². The molecule has 1 heterocycles. The van der Waals surface area contributed by atoms with E-state index < -0.39 is 20.3 Å². The highest BCUT2D eigenvalue weighted by Crippen LogP contribution is 2.31. The SMILES string of the molecule is COc1ccc(CN(C(=O)[C@H](C)S(=O)(=O)C2CCOCC2)C2CC2)cc1. The van der Waals surface area contributed by atoms with Crippen molar-refractivity contribution in [3.05, 3.63) is 29.8 Å². The lowest BCUT2D eigenvalue weighted by Gasteiger charge is -2.29. The fourth-order valence-electron chi connectivity index (χ4n) is 3.37. The van der Waals surface area contributed by atoms with Crippen LogP contribution in [0.5, 0.6) is 5.75 Å². The van der Waals surface area contributed by atoms with E-state index in [0.29, 0.717) is 32.6 Å². The van der Waals surface area contributed by atoms with E-state index in [1.165, 1.54) is 6.92 Å². The normalized spacial score (nSPS) is 19.8. The van der Waals surface area contributed by atoms with Crippen LogP contribution in [0.25, 0.3) is 0 Å². The van der Waals surface area contributed by atoms with E-state index in [4.69, 9.17) is 9.47 Å². The van der Waals surface area contributed by atoms with Crippen molar-refractivity contribution >= 4 is 15.7 Å². The number of rotatable bonds is 7. The van der Waals surface area contributed by atoms with Crippen LogP contribution in [0.1, 0.15) is 38.2 Å². The number of methoxy groups -OCH3 is 1. The number of carbonyl (C=O) groups is 1. The molecule has 0 bridgehead atoms.